The number of fused-ring (bicyclic) bond motifs is 1. The fraction of sp³-hybridized carbons (Fsp3) is 0.111. The van der Waals surface area contributed by atoms with Crippen LogP contribution in [0.25, 0.3) is 17.0 Å². The standard InChI is InChI=1S/C18H16N2O/c1-14(21)5-6-15-3-2-4-16(11-15)13-20-10-8-17-7-9-19-12-18(17)20/h2-12H,13H2,1H3/b6-5+. The van der Waals surface area contributed by atoms with Crippen molar-refractivity contribution in [3.8, 4) is 0 Å². The molecule has 0 saturated heterocycles. The van der Waals surface area contributed by atoms with Gasteiger partial charge in [-0.25, -0.2) is 0 Å². The molecule has 0 unspecified atom stereocenters. The van der Waals surface area contributed by atoms with Gasteiger partial charge >= 0.3 is 0 Å². The molecule has 104 valence electrons. The van der Waals surface area contributed by atoms with Gasteiger partial charge < -0.3 is 4.57 Å². The predicted octanol–water partition coefficient (Wildman–Crippen LogP) is 3.69. The van der Waals surface area contributed by atoms with E-state index in [2.05, 4.69) is 33.9 Å². The number of allylic oxidation sites excluding steroid dienone is 1. The summed E-state index contributed by atoms with van der Waals surface area (Å²) in [7, 11) is 0. The zero-order valence-corrected chi connectivity index (χ0v) is 11.9. The van der Waals surface area contributed by atoms with E-state index in [4.69, 9.17) is 0 Å². The molecule has 0 N–H and O–H groups in total. The summed E-state index contributed by atoms with van der Waals surface area (Å²) in [6.45, 7) is 2.34. The summed E-state index contributed by atoms with van der Waals surface area (Å²) in [6, 6.07) is 12.3. The Hall–Kier alpha value is -2.68. The van der Waals surface area contributed by atoms with Crippen molar-refractivity contribution in [2.75, 3.05) is 0 Å². The van der Waals surface area contributed by atoms with E-state index in [1.54, 1.807) is 19.2 Å². The zero-order chi connectivity index (χ0) is 14.7. The molecular weight excluding hydrogens is 260 g/mol. The predicted molar refractivity (Wildman–Crippen MR) is 85.0 cm³/mol. The molecule has 0 atom stereocenters. The summed E-state index contributed by atoms with van der Waals surface area (Å²) >= 11 is 0. The molecule has 3 aromatic rings. The van der Waals surface area contributed by atoms with Crippen LogP contribution in [-0.2, 0) is 11.3 Å². The van der Waals surface area contributed by atoms with Gasteiger partial charge in [0.2, 0.25) is 0 Å². The van der Waals surface area contributed by atoms with E-state index in [0.29, 0.717) is 0 Å². The van der Waals surface area contributed by atoms with Crippen LogP contribution >= 0.6 is 0 Å². The molecule has 0 fully saturated rings. The molecule has 2 heterocycles. The summed E-state index contributed by atoms with van der Waals surface area (Å²) in [4.78, 5) is 15.2. The van der Waals surface area contributed by atoms with Crippen LogP contribution in [0, 0.1) is 0 Å². The average Bonchev–Trinajstić information content (AvgIpc) is 2.89. The molecule has 21 heavy (non-hydrogen) atoms. The highest BCUT2D eigenvalue weighted by Gasteiger charge is 2.02. The molecule has 0 bridgehead atoms. The highest BCUT2D eigenvalue weighted by molar-refractivity contribution is 5.91. The van der Waals surface area contributed by atoms with Crippen LogP contribution in [0.15, 0.2) is 61.1 Å². The molecule has 0 aliphatic rings. The number of hydrogen-bond donors (Lipinski definition) is 0. The number of aromatic nitrogens is 2. The van der Waals surface area contributed by atoms with Crippen molar-refractivity contribution in [3.63, 3.8) is 0 Å². The van der Waals surface area contributed by atoms with Crippen LogP contribution in [0.2, 0.25) is 0 Å². The van der Waals surface area contributed by atoms with Gasteiger partial charge in [0.15, 0.2) is 5.78 Å². The second kappa shape index (κ2) is 5.75. The molecule has 0 amide bonds. The van der Waals surface area contributed by atoms with Crippen LogP contribution in [-0.4, -0.2) is 15.3 Å². The third-order valence-corrected chi connectivity index (χ3v) is 3.39. The number of ketones is 1. The Balaban J connectivity index is 1.88. The first kappa shape index (κ1) is 13.3. The lowest BCUT2D eigenvalue weighted by molar-refractivity contribution is -0.112. The minimum atomic E-state index is 0.0582. The first-order valence-electron chi connectivity index (χ1n) is 6.89. The molecule has 3 heteroatoms. The summed E-state index contributed by atoms with van der Waals surface area (Å²) < 4.78 is 2.18. The first-order valence-corrected chi connectivity index (χ1v) is 6.89. The number of pyridine rings is 1. The number of nitrogens with zero attached hydrogens (tertiary/aromatic N) is 2. The van der Waals surface area contributed by atoms with Crippen LogP contribution in [0.3, 0.4) is 0 Å². The van der Waals surface area contributed by atoms with E-state index in [9.17, 15) is 4.79 Å². The lowest BCUT2D eigenvalue weighted by Crippen LogP contribution is -1.98. The maximum atomic E-state index is 11.0. The summed E-state index contributed by atoms with van der Waals surface area (Å²) in [5, 5.41) is 1.19. The fourth-order valence-electron chi connectivity index (χ4n) is 2.37. The van der Waals surface area contributed by atoms with Gasteiger partial charge in [0.05, 0.1) is 11.7 Å². The Labute approximate surface area is 123 Å². The van der Waals surface area contributed by atoms with Crippen molar-refractivity contribution >= 4 is 22.8 Å². The third kappa shape index (κ3) is 3.08. The normalized spacial score (nSPS) is 11.3. The van der Waals surface area contributed by atoms with Gasteiger partial charge in [0, 0.05) is 24.3 Å². The molecule has 0 saturated carbocycles. The number of carbonyl (C=O) groups excluding carboxylic acids is 1. The van der Waals surface area contributed by atoms with E-state index in [-0.39, 0.29) is 5.78 Å². The van der Waals surface area contributed by atoms with Crippen LogP contribution in [0.4, 0.5) is 0 Å². The zero-order valence-electron chi connectivity index (χ0n) is 11.9. The maximum absolute atomic E-state index is 11.0. The number of benzene rings is 1. The highest BCUT2D eigenvalue weighted by Crippen LogP contribution is 2.16. The van der Waals surface area contributed by atoms with E-state index in [1.165, 1.54) is 10.9 Å². The molecule has 0 aliphatic carbocycles. The van der Waals surface area contributed by atoms with Gasteiger partial charge in [-0.15, -0.1) is 0 Å². The fourth-order valence-corrected chi connectivity index (χ4v) is 2.37. The second-order valence-electron chi connectivity index (χ2n) is 5.07. The lowest BCUT2D eigenvalue weighted by Gasteiger charge is -2.06. The SMILES string of the molecule is CC(=O)/C=C/c1cccc(Cn2ccc3ccncc32)c1. The van der Waals surface area contributed by atoms with Gasteiger partial charge in [0.1, 0.15) is 0 Å². The van der Waals surface area contributed by atoms with Crippen molar-refractivity contribution in [3.05, 3.63) is 72.2 Å². The monoisotopic (exact) mass is 276 g/mol. The molecule has 1 aromatic carbocycles. The summed E-state index contributed by atoms with van der Waals surface area (Å²) in [5.41, 5.74) is 3.36. The first-order chi connectivity index (χ1) is 10.2. The molecule has 0 radical (unpaired) electrons. The molecule has 2 aromatic heterocycles. The minimum absolute atomic E-state index is 0.0582. The van der Waals surface area contributed by atoms with Crippen molar-refractivity contribution < 1.29 is 4.79 Å². The quantitative estimate of drug-likeness (QED) is 0.681. The van der Waals surface area contributed by atoms with Crippen molar-refractivity contribution in [1.29, 1.82) is 0 Å². The Morgan fingerprint density at radius 3 is 3.05 bits per heavy atom. The Bertz CT molecular complexity index is 815. The van der Waals surface area contributed by atoms with Gasteiger partial charge in [-0.3, -0.25) is 9.78 Å². The maximum Gasteiger partial charge on any atom is 0.152 e. The average molecular weight is 276 g/mol. The third-order valence-electron chi connectivity index (χ3n) is 3.39. The second-order valence-corrected chi connectivity index (χ2v) is 5.07. The Morgan fingerprint density at radius 2 is 2.19 bits per heavy atom. The molecular formula is C18H16N2O. The van der Waals surface area contributed by atoms with E-state index < -0.39 is 0 Å². The summed E-state index contributed by atoms with van der Waals surface area (Å²) in [6.07, 6.45) is 9.20. The molecule has 3 rings (SSSR count). The Kier molecular flexibility index (Phi) is 3.65. The van der Waals surface area contributed by atoms with E-state index in [0.717, 1.165) is 17.6 Å². The molecule has 0 aliphatic heterocycles. The van der Waals surface area contributed by atoms with Gasteiger partial charge in [-0.1, -0.05) is 24.3 Å². The number of rotatable bonds is 4. The van der Waals surface area contributed by atoms with Crippen molar-refractivity contribution in [2.24, 2.45) is 0 Å². The van der Waals surface area contributed by atoms with Gasteiger partial charge in [-0.2, -0.15) is 0 Å². The molecule has 3 nitrogen and oxygen atoms in total. The van der Waals surface area contributed by atoms with Gasteiger partial charge in [0.25, 0.3) is 0 Å². The van der Waals surface area contributed by atoms with Crippen molar-refractivity contribution in [2.45, 2.75) is 13.5 Å². The van der Waals surface area contributed by atoms with Crippen LogP contribution in [0.1, 0.15) is 18.1 Å². The summed E-state index contributed by atoms with van der Waals surface area (Å²) in [5.74, 6) is 0.0582. The molecule has 0 spiro atoms. The highest BCUT2D eigenvalue weighted by atomic mass is 16.1. The van der Waals surface area contributed by atoms with Gasteiger partial charge in [-0.05, 0) is 42.3 Å². The largest absolute Gasteiger partial charge is 0.342 e. The van der Waals surface area contributed by atoms with E-state index >= 15 is 0 Å². The van der Waals surface area contributed by atoms with Crippen LogP contribution < -0.4 is 0 Å². The Morgan fingerprint density at radius 1 is 1.29 bits per heavy atom. The lowest BCUT2D eigenvalue weighted by atomic mass is 10.1. The van der Waals surface area contributed by atoms with E-state index in [1.807, 2.05) is 30.5 Å². The van der Waals surface area contributed by atoms with Crippen LogP contribution in [0.5, 0.6) is 0 Å². The van der Waals surface area contributed by atoms with Crippen molar-refractivity contribution in [1.82, 2.24) is 9.55 Å². The number of hydrogen-bond acceptors (Lipinski definition) is 2. The topological polar surface area (TPSA) is 34.9 Å². The smallest absolute Gasteiger partial charge is 0.152 e. The number of carbonyl (C=O) groups is 1. The minimum Gasteiger partial charge on any atom is -0.342 e.